The highest BCUT2D eigenvalue weighted by atomic mass is 16.5. The Bertz CT molecular complexity index is 757. The summed E-state index contributed by atoms with van der Waals surface area (Å²) in [5.41, 5.74) is 1.50. The van der Waals surface area contributed by atoms with Crippen LogP contribution in [0.3, 0.4) is 0 Å². The van der Waals surface area contributed by atoms with Gasteiger partial charge in [-0.1, -0.05) is 18.9 Å². The van der Waals surface area contributed by atoms with Gasteiger partial charge in [0.25, 0.3) is 5.91 Å². The molecule has 1 heterocycles. The quantitative estimate of drug-likeness (QED) is 0.758. The molecule has 0 aromatic heterocycles. The standard InChI is InChI=1S/C21H28N2O5/c1-13-8-9-18(27-3)17(10-13)22-20(25)14(2)28-21(26)15-11-19(24)23(12-15)16-6-4-5-7-16/h8-10,14-16H,4-7,11-12H2,1-3H3,(H,22,25)/t14-,15+/m0/s1. The van der Waals surface area contributed by atoms with E-state index < -0.39 is 23.9 Å². The van der Waals surface area contributed by atoms with Crippen LogP contribution in [0.2, 0.25) is 0 Å². The third kappa shape index (κ3) is 4.46. The molecule has 152 valence electrons. The van der Waals surface area contributed by atoms with Crippen LogP contribution in [0.4, 0.5) is 5.69 Å². The van der Waals surface area contributed by atoms with Crippen LogP contribution < -0.4 is 10.1 Å². The van der Waals surface area contributed by atoms with E-state index in [9.17, 15) is 14.4 Å². The predicted octanol–water partition coefficient (Wildman–Crippen LogP) is 2.66. The largest absolute Gasteiger partial charge is 0.495 e. The second-order valence-electron chi connectivity index (χ2n) is 7.66. The zero-order chi connectivity index (χ0) is 20.3. The number of amides is 2. The van der Waals surface area contributed by atoms with Crippen LogP contribution in [0.1, 0.15) is 44.6 Å². The lowest BCUT2D eigenvalue weighted by molar-refractivity contribution is -0.157. The van der Waals surface area contributed by atoms with Gasteiger partial charge in [0.15, 0.2) is 6.10 Å². The summed E-state index contributed by atoms with van der Waals surface area (Å²) in [6, 6.07) is 5.69. The summed E-state index contributed by atoms with van der Waals surface area (Å²) in [6.07, 6.45) is 3.46. The van der Waals surface area contributed by atoms with Crippen molar-refractivity contribution in [1.29, 1.82) is 0 Å². The van der Waals surface area contributed by atoms with Crippen molar-refractivity contribution in [2.24, 2.45) is 5.92 Å². The molecule has 2 amide bonds. The number of rotatable bonds is 6. The zero-order valence-electron chi connectivity index (χ0n) is 16.7. The van der Waals surface area contributed by atoms with Gasteiger partial charge in [-0.3, -0.25) is 14.4 Å². The first-order chi connectivity index (χ1) is 13.4. The number of likely N-dealkylation sites (tertiary alicyclic amines) is 1. The average molecular weight is 388 g/mol. The lowest BCUT2D eigenvalue weighted by Gasteiger charge is -2.24. The number of nitrogens with one attached hydrogen (secondary N) is 1. The number of anilines is 1. The van der Waals surface area contributed by atoms with E-state index in [0.29, 0.717) is 18.0 Å². The molecule has 2 atom stereocenters. The Morgan fingerprint density at radius 3 is 2.64 bits per heavy atom. The number of carbonyl (C=O) groups excluding carboxylic acids is 3. The van der Waals surface area contributed by atoms with Crippen LogP contribution in [0.25, 0.3) is 0 Å². The van der Waals surface area contributed by atoms with Crippen molar-refractivity contribution in [3.05, 3.63) is 23.8 Å². The van der Waals surface area contributed by atoms with Gasteiger partial charge >= 0.3 is 5.97 Å². The number of nitrogens with zero attached hydrogens (tertiary/aromatic N) is 1. The maximum absolute atomic E-state index is 12.5. The van der Waals surface area contributed by atoms with Crippen LogP contribution in [0.15, 0.2) is 18.2 Å². The summed E-state index contributed by atoms with van der Waals surface area (Å²) >= 11 is 0. The summed E-state index contributed by atoms with van der Waals surface area (Å²) in [7, 11) is 1.52. The zero-order valence-corrected chi connectivity index (χ0v) is 16.7. The maximum atomic E-state index is 12.5. The number of carbonyl (C=O) groups is 3. The van der Waals surface area contributed by atoms with Crippen LogP contribution in [-0.4, -0.2) is 48.5 Å². The van der Waals surface area contributed by atoms with Crippen LogP contribution in [-0.2, 0) is 19.1 Å². The van der Waals surface area contributed by atoms with Gasteiger partial charge in [-0.2, -0.15) is 0 Å². The van der Waals surface area contributed by atoms with Gasteiger partial charge in [0.1, 0.15) is 5.75 Å². The number of hydrogen-bond acceptors (Lipinski definition) is 5. The molecule has 1 aromatic rings. The fourth-order valence-corrected chi connectivity index (χ4v) is 3.94. The lowest BCUT2D eigenvalue weighted by atomic mass is 10.1. The molecule has 1 aliphatic carbocycles. The highest BCUT2D eigenvalue weighted by Crippen LogP contribution is 2.30. The van der Waals surface area contributed by atoms with Crippen molar-refractivity contribution in [2.45, 2.75) is 58.1 Å². The van der Waals surface area contributed by atoms with Crippen molar-refractivity contribution in [3.63, 3.8) is 0 Å². The molecule has 1 N–H and O–H groups in total. The molecule has 1 aromatic carbocycles. The molecular weight excluding hydrogens is 360 g/mol. The van der Waals surface area contributed by atoms with E-state index in [0.717, 1.165) is 31.2 Å². The molecule has 1 saturated carbocycles. The van der Waals surface area contributed by atoms with Crippen molar-refractivity contribution in [2.75, 3.05) is 19.0 Å². The molecule has 2 aliphatic rings. The van der Waals surface area contributed by atoms with Crippen molar-refractivity contribution in [1.82, 2.24) is 4.90 Å². The Hall–Kier alpha value is -2.57. The van der Waals surface area contributed by atoms with Crippen LogP contribution in [0.5, 0.6) is 5.75 Å². The molecule has 7 nitrogen and oxygen atoms in total. The molecule has 0 spiro atoms. The van der Waals surface area contributed by atoms with E-state index in [4.69, 9.17) is 9.47 Å². The number of esters is 1. The molecule has 2 fully saturated rings. The van der Waals surface area contributed by atoms with E-state index in [1.807, 2.05) is 17.9 Å². The summed E-state index contributed by atoms with van der Waals surface area (Å²) in [5, 5.41) is 2.74. The van der Waals surface area contributed by atoms with Crippen molar-refractivity contribution < 1.29 is 23.9 Å². The SMILES string of the molecule is COc1ccc(C)cc1NC(=O)[C@H](C)OC(=O)[C@@H]1CC(=O)N(C2CCCC2)C1. The first-order valence-corrected chi connectivity index (χ1v) is 9.84. The summed E-state index contributed by atoms with van der Waals surface area (Å²) in [4.78, 5) is 39.0. The number of hydrogen-bond donors (Lipinski definition) is 1. The second-order valence-corrected chi connectivity index (χ2v) is 7.66. The summed E-state index contributed by atoms with van der Waals surface area (Å²) in [6.45, 7) is 3.83. The molecule has 1 aliphatic heterocycles. The average Bonchev–Trinajstić information content (AvgIpc) is 3.31. The van der Waals surface area contributed by atoms with E-state index in [-0.39, 0.29) is 18.4 Å². The first kappa shape index (κ1) is 20.2. The summed E-state index contributed by atoms with van der Waals surface area (Å²) < 4.78 is 10.6. The minimum Gasteiger partial charge on any atom is -0.495 e. The number of benzene rings is 1. The van der Waals surface area contributed by atoms with Crippen molar-refractivity contribution in [3.8, 4) is 5.75 Å². The third-order valence-electron chi connectivity index (χ3n) is 5.53. The molecule has 3 rings (SSSR count). The molecular formula is C21H28N2O5. The molecule has 7 heteroatoms. The first-order valence-electron chi connectivity index (χ1n) is 9.84. The Labute approximate surface area is 165 Å². The number of aryl methyl sites for hydroxylation is 1. The number of methoxy groups -OCH3 is 1. The van der Waals surface area contributed by atoms with E-state index in [1.54, 1.807) is 12.1 Å². The monoisotopic (exact) mass is 388 g/mol. The van der Waals surface area contributed by atoms with E-state index >= 15 is 0 Å². The highest BCUT2D eigenvalue weighted by molar-refractivity contribution is 5.97. The Kier molecular flexibility index (Phi) is 6.21. The van der Waals surface area contributed by atoms with Gasteiger partial charge < -0.3 is 19.7 Å². The maximum Gasteiger partial charge on any atom is 0.312 e. The second kappa shape index (κ2) is 8.63. The highest BCUT2D eigenvalue weighted by Gasteiger charge is 2.40. The van der Waals surface area contributed by atoms with Gasteiger partial charge in [0.2, 0.25) is 5.91 Å². The molecule has 0 unspecified atom stereocenters. The fourth-order valence-electron chi connectivity index (χ4n) is 3.94. The van der Waals surface area contributed by atoms with Gasteiger partial charge in [0.05, 0.1) is 18.7 Å². The lowest BCUT2D eigenvalue weighted by Crippen LogP contribution is -2.36. The molecule has 0 radical (unpaired) electrons. The summed E-state index contributed by atoms with van der Waals surface area (Å²) in [5.74, 6) is -0.889. The van der Waals surface area contributed by atoms with E-state index in [1.165, 1.54) is 14.0 Å². The Morgan fingerprint density at radius 1 is 1.25 bits per heavy atom. The number of ether oxygens (including phenoxy) is 2. The van der Waals surface area contributed by atoms with Gasteiger partial charge in [-0.25, -0.2) is 0 Å². The molecule has 0 bridgehead atoms. The Balaban J connectivity index is 1.56. The van der Waals surface area contributed by atoms with Gasteiger partial charge in [-0.15, -0.1) is 0 Å². The van der Waals surface area contributed by atoms with E-state index in [2.05, 4.69) is 5.32 Å². The topological polar surface area (TPSA) is 84.9 Å². The minimum atomic E-state index is -0.964. The smallest absolute Gasteiger partial charge is 0.312 e. The van der Waals surface area contributed by atoms with Crippen molar-refractivity contribution >= 4 is 23.5 Å². The normalized spacial score (nSPS) is 20.9. The Morgan fingerprint density at radius 2 is 1.96 bits per heavy atom. The van der Waals surface area contributed by atoms with Gasteiger partial charge in [0, 0.05) is 19.0 Å². The minimum absolute atomic E-state index is 0.00968. The fraction of sp³-hybridized carbons (Fsp3) is 0.571. The van der Waals surface area contributed by atoms with Crippen LogP contribution >= 0.6 is 0 Å². The predicted molar refractivity (Wildman–Crippen MR) is 104 cm³/mol. The van der Waals surface area contributed by atoms with Crippen LogP contribution in [0, 0.1) is 12.8 Å². The van der Waals surface area contributed by atoms with Gasteiger partial charge in [-0.05, 0) is 44.4 Å². The third-order valence-corrected chi connectivity index (χ3v) is 5.53. The molecule has 28 heavy (non-hydrogen) atoms. The molecule has 1 saturated heterocycles.